The number of aromatic nitrogens is 2. The predicted molar refractivity (Wildman–Crippen MR) is 104 cm³/mol. The summed E-state index contributed by atoms with van der Waals surface area (Å²) in [7, 11) is 2.20. The van der Waals surface area contributed by atoms with Gasteiger partial charge in [-0.25, -0.2) is 0 Å². The molecule has 0 fully saturated rings. The first kappa shape index (κ1) is 16.6. The fraction of sp³-hybridized carbons (Fsp3) is 0.381. The molecule has 0 saturated carbocycles. The fourth-order valence-electron chi connectivity index (χ4n) is 3.89. The Bertz CT molecular complexity index is 896. The van der Waals surface area contributed by atoms with Crippen molar-refractivity contribution in [2.45, 2.75) is 39.3 Å². The van der Waals surface area contributed by atoms with E-state index in [9.17, 15) is 0 Å². The van der Waals surface area contributed by atoms with Crippen LogP contribution in [0.1, 0.15) is 28.9 Å². The number of nitrogens with zero attached hydrogens (tertiary/aromatic N) is 3. The third kappa shape index (κ3) is 3.31. The molecule has 0 bridgehead atoms. The molecule has 2 aromatic heterocycles. The van der Waals surface area contributed by atoms with Gasteiger partial charge in [-0.1, -0.05) is 17.7 Å². The number of hydrogen-bond donors (Lipinski definition) is 0. The Balaban J connectivity index is 1.62. The summed E-state index contributed by atoms with van der Waals surface area (Å²) in [6, 6.07) is 10.6. The van der Waals surface area contributed by atoms with Crippen LogP contribution in [0.3, 0.4) is 0 Å². The molecule has 130 valence electrons. The van der Waals surface area contributed by atoms with E-state index in [1.807, 2.05) is 19.2 Å². The van der Waals surface area contributed by atoms with Gasteiger partial charge in [-0.15, -0.1) is 0 Å². The Labute approximate surface area is 154 Å². The minimum absolute atomic E-state index is 0.831. The predicted octanol–water partition coefficient (Wildman–Crippen LogP) is 4.62. The highest BCUT2D eigenvalue weighted by Gasteiger charge is 2.22. The highest BCUT2D eigenvalue weighted by atomic mass is 35.5. The maximum Gasteiger partial charge on any atom is 0.0486 e. The van der Waals surface area contributed by atoms with E-state index in [0.717, 1.165) is 49.6 Å². The van der Waals surface area contributed by atoms with Crippen LogP contribution >= 0.6 is 11.6 Å². The zero-order valence-corrected chi connectivity index (χ0v) is 15.7. The first-order valence-corrected chi connectivity index (χ1v) is 9.39. The highest BCUT2D eigenvalue weighted by molar-refractivity contribution is 6.31. The number of fused-ring (bicyclic) bond motifs is 3. The van der Waals surface area contributed by atoms with Crippen LogP contribution in [-0.4, -0.2) is 28.0 Å². The first-order valence-electron chi connectivity index (χ1n) is 9.01. The van der Waals surface area contributed by atoms with Crippen molar-refractivity contribution in [3.8, 4) is 0 Å². The summed E-state index contributed by atoms with van der Waals surface area (Å²) in [5.41, 5.74) is 6.68. The van der Waals surface area contributed by atoms with Gasteiger partial charge in [0.05, 0.1) is 0 Å². The Kier molecular flexibility index (Phi) is 4.53. The minimum atomic E-state index is 0.831. The SMILES string of the molecule is Cc1ccc(CCCn2c3c(c4cc(Cl)ccc42)CCN(C)C3)cn1. The molecular weight excluding hydrogens is 330 g/mol. The van der Waals surface area contributed by atoms with Crippen molar-refractivity contribution in [1.82, 2.24) is 14.5 Å². The summed E-state index contributed by atoms with van der Waals surface area (Å²) < 4.78 is 2.51. The lowest BCUT2D eigenvalue weighted by Crippen LogP contribution is -2.27. The average Bonchev–Trinajstić information content (AvgIpc) is 2.89. The Morgan fingerprint density at radius 1 is 1.20 bits per heavy atom. The van der Waals surface area contributed by atoms with Crippen molar-refractivity contribution in [2.75, 3.05) is 13.6 Å². The molecule has 3 aromatic rings. The second kappa shape index (κ2) is 6.81. The number of pyridine rings is 1. The fourth-order valence-corrected chi connectivity index (χ4v) is 4.06. The lowest BCUT2D eigenvalue weighted by Gasteiger charge is -2.24. The van der Waals surface area contributed by atoms with Crippen LogP contribution in [-0.2, 0) is 25.9 Å². The molecule has 0 N–H and O–H groups in total. The van der Waals surface area contributed by atoms with Crippen molar-refractivity contribution in [3.63, 3.8) is 0 Å². The van der Waals surface area contributed by atoms with Crippen LogP contribution in [0.25, 0.3) is 10.9 Å². The summed E-state index contributed by atoms with van der Waals surface area (Å²) >= 11 is 6.27. The Morgan fingerprint density at radius 2 is 2.08 bits per heavy atom. The lowest BCUT2D eigenvalue weighted by atomic mass is 10.0. The average molecular weight is 354 g/mol. The van der Waals surface area contributed by atoms with Gasteiger partial charge in [0.1, 0.15) is 0 Å². The quantitative estimate of drug-likeness (QED) is 0.682. The van der Waals surface area contributed by atoms with Gasteiger partial charge in [-0.05, 0) is 68.6 Å². The van der Waals surface area contributed by atoms with Gasteiger partial charge < -0.3 is 9.47 Å². The second-order valence-corrected chi connectivity index (χ2v) is 7.57. The van der Waals surface area contributed by atoms with Gasteiger partial charge in [-0.2, -0.15) is 0 Å². The number of benzene rings is 1. The molecule has 4 heteroatoms. The van der Waals surface area contributed by atoms with Gasteiger partial charge in [-0.3, -0.25) is 4.98 Å². The van der Waals surface area contributed by atoms with Gasteiger partial charge in [0.25, 0.3) is 0 Å². The van der Waals surface area contributed by atoms with Crippen LogP contribution in [0.2, 0.25) is 5.02 Å². The molecule has 3 heterocycles. The zero-order chi connectivity index (χ0) is 17.4. The van der Waals surface area contributed by atoms with Gasteiger partial charge in [0.15, 0.2) is 0 Å². The molecule has 1 aromatic carbocycles. The lowest BCUT2D eigenvalue weighted by molar-refractivity contribution is 0.302. The Morgan fingerprint density at radius 3 is 2.88 bits per heavy atom. The summed E-state index contributed by atoms with van der Waals surface area (Å²) in [5, 5.41) is 2.17. The highest BCUT2D eigenvalue weighted by Crippen LogP contribution is 2.32. The van der Waals surface area contributed by atoms with E-state index in [1.54, 1.807) is 0 Å². The smallest absolute Gasteiger partial charge is 0.0486 e. The molecule has 0 atom stereocenters. The van der Waals surface area contributed by atoms with Crippen LogP contribution in [0, 0.1) is 6.92 Å². The summed E-state index contributed by atoms with van der Waals surface area (Å²) in [6.45, 7) is 5.21. The van der Waals surface area contributed by atoms with Crippen LogP contribution in [0.15, 0.2) is 36.5 Å². The monoisotopic (exact) mass is 353 g/mol. The van der Waals surface area contributed by atoms with Crippen molar-refractivity contribution in [3.05, 3.63) is 64.1 Å². The summed E-state index contributed by atoms with van der Waals surface area (Å²) in [6.07, 6.45) is 5.29. The normalized spacial score (nSPS) is 14.8. The number of halogens is 1. The maximum atomic E-state index is 6.27. The van der Waals surface area contributed by atoms with Crippen molar-refractivity contribution in [2.24, 2.45) is 0 Å². The Hall–Kier alpha value is -1.84. The minimum Gasteiger partial charge on any atom is -0.343 e. The molecule has 4 rings (SSSR count). The number of hydrogen-bond acceptors (Lipinski definition) is 2. The first-order chi connectivity index (χ1) is 12.1. The molecule has 0 amide bonds. The van der Waals surface area contributed by atoms with Crippen molar-refractivity contribution < 1.29 is 0 Å². The molecule has 25 heavy (non-hydrogen) atoms. The molecule has 0 saturated heterocycles. The molecule has 0 radical (unpaired) electrons. The standard InChI is InChI=1S/C21H24ClN3/c1-15-5-6-16(13-23-15)4-3-10-25-20-8-7-17(22)12-19(20)18-9-11-24(2)14-21(18)25/h5-8,12-13H,3-4,9-11,14H2,1-2H3. The topological polar surface area (TPSA) is 21.1 Å². The van der Waals surface area contributed by atoms with Gasteiger partial charge in [0.2, 0.25) is 0 Å². The molecule has 0 unspecified atom stereocenters. The van der Waals surface area contributed by atoms with Crippen LogP contribution in [0.4, 0.5) is 0 Å². The third-order valence-electron chi connectivity index (χ3n) is 5.23. The van der Waals surface area contributed by atoms with E-state index in [-0.39, 0.29) is 0 Å². The zero-order valence-electron chi connectivity index (χ0n) is 14.9. The van der Waals surface area contributed by atoms with E-state index in [2.05, 4.69) is 45.8 Å². The van der Waals surface area contributed by atoms with E-state index in [0.29, 0.717) is 0 Å². The molecular formula is C21H24ClN3. The van der Waals surface area contributed by atoms with Crippen molar-refractivity contribution in [1.29, 1.82) is 0 Å². The van der Waals surface area contributed by atoms with Crippen molar-refractivity contribution >= 4 is 22.5 Å². The van der Waals surface area contributed by atoms with Gasteiger partial charge >= 0.3 is 0 Å². The van der Waals surface area contributed by atoms with Gasteiger partial charge in [0, 0.05) is 53.1 Å². The third-order valence-corrected chi connectivity index (χ3v) is 5.47. The molecule has 1 aliphatic heterocycles. The summed E-state index contributed by atoms with van der Waals surface area (Å²) in [4.78, 5) is 6.81. The molecule has 1 aliphatic rings. The summed E-state index contributed by atoms with van der Waals surface area (Å²) in [5.74, 6) is 0. The number of likely N-dealkylation sites (N-methyl/N-ethyl adjacent to an activating group) is 1. The molecule has 3 nitrogen and oxygen atoms in total. The number of aryl methyl sites for hydroxylation is 3. The largest absolute Gasteiger partial charge is 0.343 e. The maximum absolute atomic E-state index is 6.27. The second-order valence-electron chi connectivity index (χ2n) is 7.14. The van der Waals surface area contributed by atoms with E-state index in [1.165, 1.54) is 27.7 Å². The molecule has 0 aliphatic carbocycles. The van der Waals surface area contributed by atoms with Crippen LogP contribution in [0.5, 0.6) is 0 Å². The van der Waals surface area contributed by atoms with Crippen LogP contribution < -0.4 is 0 Å². The van der Waals surface area contributed by atoms with E-state index < -0.39 is 0 Å². The number of rotatable bonds is 4. The molecule has 0 spiro atoms. The van der Waals surface area contributed by atoms with E-state index >= 15 is 0 Å². The van der Waals surface area contributed by atoms with E-state index in [4.69, 9.17) is 11.6 Å².